The summed E-state index contributed by atoms with van der Waals surface area (Å²) in [5.74, 6) is 0. The highest BCUT2D eigenvalue weighted by Gasteiger charge is 2.47. The zero-order valence-electron chi connectivity index (χ0n) is 11.8. The molecule has 1 fully saturated rings. The predicted octanol–water partition coefficient (Wildman–Crippen LogP) is -2.63. The van der Waals surface area contributed by atoms with Crippen LogP contribution in [0.2, 0.25) is 0 Å². The van der Waals surface area contributed by atoms with Crippen LogP contribution in [0.25, 0.3) is 0 Å². The maximum absolute atomic E-state index is 11.3. The first-order valence-corrected chi connectivity index (χ1v) is 11.1. The molecule has 4 atom stereocenters. The van der Waals surface area contributed by atoms with Gasteiger partial charge >= 0.3 is 0 Å². The molecule has 0 unspecified atom stereocenters. The van der Waals surface area contributed by atoms with Crippen molar-refractivity contribution in [2.75, 3.05) is 25.4 Å². The normalized spacial score (nSPS) is 31.1. The van der Waals surface area contributed by atoms with Gasteiger partial charge in [-0.3, -0.25) is 12.5 Å². The predicted molar refractivity (Wildman–Crippen MR) is 71.1 cm³/mol. The molecule has 1 aliphatic rings. The van der Waals surface area contributed by atoms with Gasteiger partial charge in [0.1, 0.15) is 12.2 Å². The number of rotatable bonds is 6. The van der Waals surface area contributed by atoms with Gasteiger partial charge < -0.3 is 9.84 Å². The van der Waals surface area contributed by atoms with Crippen molar-refractivity contribution < 1.29 is 47.6 Å². The van der Waals surface area contributed by atoms with Gasteiger partial charge in [-0.2, -0.15) is 25.3 Å². The van der Waals surface area contributed by atoms with Crippen molar-refractivity contribution in [1.29, 1.82) is 0 Å². The van der Waals surface area contributed by atoms with Crippen LogP contribution in [0.3, 0.4) is 0 Å². The molecule has 0 amide bonds. The summed E-state index contributed by atoms with van der Waals surface area (Å²) < 4.78 is 85.8. The molecule has 0 aliphatic carbocycles. The monoisotopic (exact) mass is 384 g/mol. The smallest absolute Gasteiger partial charge is 0.264 e. The van der Waals surface area contributed by atoms with Gasteiger partial charge in [0.25, 0.3) is 30.4 Å². The van der Waals surface area contributed by atoms with E-state index in [4.69, 9.17) is 4.74 Å². The van der Waals surface area contributed by atoms with Crippen molar-refractivity contribution in [3.8, 4) is 0 Å². The first-order valence-electron chi connectivity index (χ1n) is 5.62. The molecule has 0 aromatic rings. The van der Waals surface area contributed by atoms with Crippen LogP contribution in [0.15, 0.2) is 0 Å². The number of ether oxygens (including phenoxy) is 1. The molecule has 11 nitrogen and oxygen atoms in total. The molecule has 22 heavy (non-hydrogen) atoms. The largest absolute Gasteiger partial charge is 0.366 e. The lowest BCUT2D eigenvalue weighted by Crippen LogP contribution is -2.57. The van der Waals surface area contributed by atoms with E-state index in [9.17, 15) is 30.4 Å². The van der Waals surface area contributed by atoms with E-state index in [1.165, 1.54) is 0 Å². The van der Waals surface area contributed by atoms with Gasteiger partial charge in [-0.05, 0) is 0 Å². The Morgan fingerprint density at radius 3 is 1.64 bits per heavy atom. The molecule has 1 heterocycles. The molecule has 0 saturated carbocycles. The van der Waals surface area contributed by atoms with E-state index in [2.05, 4.69) is 12.5 Å². The molecule has 132 valence electrons. The highest BCUT2D eigenvalue weighted by Crippen LogP contribution is 2.25. The fraction of sp³-hybridized carbons (Fsp3) is 1.00. The molecule has 0 radical (unpaired) electrons. The first-order chi connectivity index (χ1) is 9.68. The average Bonchev–Trinajstić information content (AvgIpc) is 2.22. The third-order valence-electron chi connectivity index (χ3n) is 2.27. The Balaban J connectivity index is 3.17. The maximum atomic E-state index is 11.3. The second kappa shape index (κ2) is 6.64. The second-order valence-corrected chi connectivity index (χ2v) is 9.39. The average molecular weight is 384 g/mol. The molecule has 0 aromatic carbocycles. The Morgan fingerprint density at radius 2 is 1.23 bits per heavy atom. The van der Waals surface area contributed by atoms with Gasteiger partial charge in [-0.25, -0.2) is 0 Å². The Labute approximate surface area is 128 Å². The Bertz CT molecular complexity index is 692. The summed E-state index contributed by atoms with van der Waals surface area (Å²) in [6, 6.07) is 0. The number of hydrogen-bond donors (Lipinski definition) is 1. The fourth-order valence-corrected chi connectivity index (χ4v) is 3.55. The van der Waals surface area contributed by atoms with Crippen LogP contribution < -0.4 is 0 Å². The SMILES string of the molecule is CS(=O)(=O)O[C@@H]1[C@H](OS(C)(=O)=O)[C@H](OS(C)(=O)=O)CO[C@@H]1O. The minimum atomic E-state index is -4.14. The third-order valence-corrected chi connectivity index (χ3v) is 4.01. The lowest BCUT2D eigenvalue weighted by atomic mass is 10.1. The summed E-state index contributed by atoms with van der Waals surface area (Å²) in [5.41, 5.74) is 0. The molecular weight excluding hydrogens is 368 g/mol. The molecule has 1 rings (SSSR count). The lowest BCUT2D eigenvalue weighted by Gasteiger charge is -2.37. The van der Waals surface area contributed by atoms with Crippen LogP contribution >= 0.6 is 0 Å². The minimum Gasteiger partial charge on any atom is -0.366 e. The van der Waals surface area contributed by atoms with E-state index in [0.29, 0.717) is 18.8 Å². The fourth-order valence-electron chi connectivity index (χ4n) is 1.69. The molecule has 14 heteroatoms. The molecule has 0 aromatic heterocycles. The van der Waals surface area contributed by atoms with Crippen molar-refractivity contribution in [3.05, 3.63) is 0 Å². The summed E-state index contributed by atoms with van der Waals surface area (Å²) in [6.07, 6.45) is -4.96. The van der Waals surface area contributed by atoms with Crippen molar-refractivity contribution in [1.82, 2.24) is 0 Å². The van der Waals surface area contributed by atoms with E-state index in [1.807, 2.05) is 0 Å². The van der Waals surface area contributed by atoms with Gasteiger partial charge in [0.2, 0.25) is 0 Å². The molecule has 0 bridgehead atoms. The zero-order chi connectivity index (χ0) is 17.3. The van der Waals surface area contributed by atoms with E-state index in [1.54, 1.807) is 0 Å². The Morgan fingerprint density at radius 1 is 0.818 bits per heavy atom. The van der Waals surface area contributed by atoms with Crippen molar-refractivity contribution in [2.45, 2.75) is 24.6 Å². The van der Waals surface area contributed by atoms with Crippen molar-refractivity contribution >= 4 is 30.4 Å². The van der Waals surface area contributed by atoms with Gasteiger partial charge in [0, 0.05) is 0 Å². The summed E-state index contributed by atoms with van der Waals surface area (Å²) in [6.45, 7) is -0.557. The van der Waals surface area contributed by atoms with E-state index in [-0.39, 0.29) is 0 Å². The lowest BCUT2D eigenvalue weighted by molar-refractivity contribution is -0.232. The summed E-state index contributed by atoms with van der Waals surface area (Å²) >= 11 is 0. The zero-order valence-corrected chi connectivity index (χ0v) is 14.2. The molecule has 0 spiro atoms. The maximum Gasteiger partial charge on any atom is 0.264 e. The number of aliphatic hydroxyl groups excluding tert-OH is 1. The first kappa shape index (κ1) is 19.7. The highest BCUT2D eigenvalue weighted by atomic mass is 32.2. The third kappa shape index (κ3) is 6.82. The van der Waals surface area contributed by atoms with E-state index in [0.717, 1.165) is 0 Å². The molecule has 1 saturated heterocycles. The van der Waals surface area contributed by atoms with E-state index >= 15 is 0 Å². The quantitative estimate of drug-likeness (QED) is 0.477. The van der Waals surface area contributed by atoms with Crippen LogP contribution in [-0.2, 0) is 47.6 Å². The standard InChI is InChI=1S/C8H16O11S3/c1-20(10,11)17-5-4-16-8(9)7(19-22(3,14)15)6(5)18-21(2,12)13/h5-9H,4H2,1-3H3/t5-,6-,7-,8+/m1/s1. The van der Waals surface area contributed by atoms with Crippen LogP contribution in [0.5, 0.6) is 0 Å². The minimum absolute atomic E-state index is 0.557. The van der Waals surface area contributed by atoms with Gasteiger partial charge in [0.05, 0.1) is 25.4 Å². The number of hydrogen-bond acceptors (Lipinski definition) is 11. The summed E-state index contributed by atoms with van der Waals surface area (Å²) in [5, 5.41) is 9.62. The van der Waals surface area contributed by atoms with Crippen LogP contribution in [0, 0.1) is 0 Å². The molecule has 1 aliphatic heterocycles. The van der Waals surface area contributed by atoms with Gasteiger partial charge in [0.15, 0.2) is 12.4 Å². The second-order valence-electron chi connectivity index (χ2n) is 4.59. The van der Waals surface area contributed by atoms with Crippen LogP contribution in [0.4, 0.5) is 0 Å². The van der Waals surface area contributed by atoms with Crippen molar-refractivity contribution in [3.63, 3.8) is 0 Å². The Hall–Kier alpha value is -0.350. The van der Waals surface area contributed by atoms with Gasteiger partial charge in [-0.1, -0.05) is 0 Å². The molecule has 1 N–H and O–H groups in total. The Kier molecular flexibility index (Phi) is 5.95. The van der Waals surface area contributed by atoms with Crippen molar-refractivity contribution in [2.24, 2.45) is 0 Å². The summed E-state index contributed by atoms with van der Waals surface area (Å²) in [7, 11) is -12.3. The van der Waals surface area contributed by atoms with Crippen LogP contribution in [-0.4, -0.2) is 80.3 Å². The topological polar surface area (TPSA) is 160 Å². The molecular formula is C8H16O11S3. The van der Waals surface area contributed by atoms with E-state index < -0.39 is 61.6 Å². The highest BCUT2D eigenvalue weighted by molar-refractivity contribution is 7.86. The number of aliphatic hydroxyl groups is 1. The van der Waals surface area contributed by atoms with Crippen LogP contribution in [0.1, 0.15) is 0 Å². The summed E-state index contributed by atoms with van der Waals surface area (Å²) in [4.78, 5) is 0. The van der Waals surface area contributed by atoms with Gasteiger partial charge in [-0.15, -0.1) is 0 Å².